The molecule has 3 atom stereocenters. The lowest BCUT2D eigenvalue weighted by Crippen LogP contribution is -2.42. The van der Waals surface area contributed by atoms with Gasteiger partial charge >= 0.3 is 0 Å². The van der Waals surface area contributed by atoms with Crippen LogP contribution < -0.4 is 10.6 Å². The lowest BCUT2D eigenvalue weighted by molar-refractivity contribution is -0.120. The highest BCUT2D eigenvalue weighted by atomic mass is 79.9. The highest BCUT2D eigenvalue weighted by Gasteiger charge is 2.27. The fourth-order valence-corrected chi connectivity index (χ4v) is 4.82. The van der Waals surface area contributed by atoms with E-state index in [1.165, 1.54) is 23.6 Å². The SMILES string of the molecule is CCc1cc(Br)c2c(c1)[C@@H](NC[C@@H](O)C(NC(C)=O)c1cc(F)cc(F)c1)CCC2. The van der Waals surface area contributed by atoms with E-state index >= 15 is 0 Å². The maximum atomic E-state index is 13.7. The predicted octanol–water partition coefficient (Wildman–Crippen LogP) is 4.50. The van der Waals surface area contributed by atoms with Crippen LogP contribution in [0.2, 0.25) is 0 Å². The molecule has 3 N–H and O–H groups in total. The molecular weight excluding hydrogens is 454 g/mol. The summed E-state index contributed by atoms with van der Waals surface area (Å²) in [6, 6.07) is 6.53. The molecule has 1 unspecified atom stereocenters. The van der Waals surface area contributed by atoms with E-state index in [0.717, 1.165) is 48.4 Å². The molecular formula is C23H27BrF2N2O2. The Balaban J connectivity index is 1.79. The van der Waals surface area contributed by atoms with E-state index in [9.17, 15) is 18.7 Å². The van der Waals surface area contributed by atoms with Crippen molar-refractivity contribution < 1.29 is 18.7 Å². The van der Waals surface area contributed by atoms with Gasteiger partial charge in [-0.3, -0.25) is 4.79 Å². The van der Waals surface area contributed by atoms with Crippen molar-refractivity contribution in [2.24, 2.45) is 0 Å². The number of aliphatic hydroxyl groups excluding tert-OH is 1. The summed E-state index contributed by atoms with van der Waals surface area (Å²) < 4.78 is 28.5. The molecule has 7 heteroatoms. The zero-order valence-electron chi connectivity index (χ0n) is 17.1. The molecule has 0 radical (unpaired) electrons. The first-order chi connectivity index (χ1) is 14.3. The third-order valence-corrected chi connectivity index (χ3v) is 6.26. The van der Waals surface area contributed by atoms with Gasteiger partial charge in [-0.1, -0.05) is 28.9 Å². The lowest BCUT2D eigenvalue weighted by atomic mass is 9.86. The molecule has 30 heavy (non-hydrogen) atoms. The van der Waals surface area contributed by atoms with Gasteiger partial charge in [0.2, 0.25) is 5.91 Å². The van der Waals surface area contributed by atoms with Crippen LogP contribution in [-0.2, 0) is 17.6 Å². The number of fused-ring (bicyclic) bond motifs is 1. The van der Waals surface area contributed by atoms with Gasteiger partial charge in [-0.15, -0.1) is 0 Å². The van der Waals surface area contributed by atoms with Crippen LogP contribution in [0.4, 0.5) is 8.78 Å². The van der Waals surface area contributed by atoms with Crippen LogP contribution in [0.15, 0.2) is 34.8 Å². The van der Waals surface area contributed by atoms with E-state index in [4.69, 9.17) is 0 Å². The van der Waals surface area contributed by atoms with E-state index in [0.29, 0.717) is 0 Å². The van der Waals surface area contributed by atoms with Crippen LogP contribution in [0.1, 0.15) is 61.0 Å². The quantitative estimate of drug-likeness (QED) is 0.546. The van der Waals surface area contributed by atoms with E-state index < -0.39 is 23.8 Å². The van der Waals surface area contributed by atoms with Crippen molar-refractivity contribution >= 4 is 21.8 Å². The summed E-state index contributed by atoms with van der Waals surface area (Å²) in [5.41, 5.74) is 3.92. The van der Waals surface area contributed by atoms with Crippen LogP contribution in [0.5, 0.6) is 0 Å². The highest BCUT2D eigenvalue weighted by molar-refractivity contribution is 9.10. The first kappa shape index (κ1) is 22.8. The van der Waals surface area contributed by atoms with Crippen molar-refractivity contribution in [1.82, 2.24) is 10.6 Å². The van der Waals surface area contributed by atoms with Crippen molar-refractivity contribution in [3.05, 3.63) is 68.7 Å². The minimum Gasteiger partial charge on any atom is -0.389 e. The van der Waals surface area contributed by atoms with Crippen molar-refractivity contribution in [2.75, 3.05) is 6.54 Å². The third-order valence-electron chi connectivity index (χ3n) is 5.55. The molecule has 3 rings (SSSR count). The average molecular weight is 481 g/mol. The maximum absolute atomic E-state index is 13.7. The smallest absolute Gasteiger partial charge is 0.217 e. The molecule has 0 saturated heterocycles. The summed E-state index contributed by atoms with van der Waals surface area (Å²) in [5, 5.41) is 16.8. The van der Waals surface area contributed by atoms with Gasteiger partial charge in [0, 0.05) is 30.0 Å². The van der Waals surface area contributed by atoms with Gasteiger partial charge in [0.15, 0.2) is 0 Å². The van der Waals surface area contributed by atoms with E-state index in [2.05, 4.69) is 45.6 Å². The van der Waals surface area contributed by atoms with Crippen molar-refractivity contribution in [3.8, 4) is 0 Å². The molecule has 0 aromatic heterocycles. The summed E-state index contributed by atoms with van der Waals surface area (Å²) >= 11 is 3.68. The van der Waals surface area contributed by atoms with Crippen molar-refractivity contribution in [3.63, 3.8) is 0 Å². The largest absolute Gasteiger partial charge is 0.389 e. The Bertz CT molecular complexity index is 902. The Morgan fingerprint density at radius 1 is 1.23 bits per heavy atom. The van der Waals surface area contributed by atoms with Gasteiger partial charge in [0.25, 0.3) is 0 Å². The Morgan fingerprint density at radius 3 is 2.57 bits per heavy atom. The molecule has 1 aliphatic rings. The molecule has 2 aromatic carbocycles. The molecule has 1 amide bonds. The zero-order valence-corrected chi connectivity index (χ0v) is 18.7. The van der Waals surface area contributed by atoms with E-state index in [-0.39, 0.29) is 24.1 Å². The summed E-state index contributed by atoms with van der Waals surface area (Å²) in [6.45, 7) is 3.59. The maximum Gasteiger partial charge on any atom is 0.217 e. The van der Waals surface area contributed by atoms with Crippen LogP contribution in [-0.4, -0.2) is 23.7 Å². The van der Waals surface area contributed by atoms with Crippen LogP contribution in [0.25, 0.3) is 0 Å². The molecule has 2 aromatic rings. The topological polar surface area (TPSA) is 61.4 Å². The van der Waals surface area contributed by atoms with E-state index in [1.807, 2.05) is 0 Å². The monoisotopic (exact) mass is 480 g/mol. The second-order valence-corrected chi connectivity index (χ2v) is 8.65. The number of hydrogen-bond acceptors (Lipinski definition) is 3. The third kappa shape index (κ3) is 5.45. The van der Waals surface area contributed by atoms with Crippen LogP contribution in [0, 0.1) is 11.6 Å². The molecule has 0 spiro atoms. The number of hydrogen-bond donors (Lipinski definition) is 3. The van der Waals surface area contributed by atoms with E-state index in [1.54, 1.807) is 0 Å². The normalized spacial score (nSPS) is 17.9. The van der Waals surface area contributed by atoms with Crippen LogP contribution in [0.3, 0.4) is 0 Å². The Kier molecular flexibility index (Phi) is 7.60. The Hall–Kier alpha value is -1.83. The first-order valence-electron chi connectivity index (χ1n) is 10.2. The number of aryl methyl sites for hydroxylation is 1. The molecule has 0 bridgehead atoms. The van der Waals surface area contributed by atoms with Gasteiger partial charge in [-0.2, -0.15) is 0 Å². The number of aliphatic hydroxyl groups is 1. The second kappa shape index (κ2) is 9.98. The van der Waals surface area contributed by atoms with Gasteiger partial charge in [0.1, 0.15) is 11.6 Å². The number of halogens is 3. The summed E-state index contributed by atoms with van der Waals surface area (Å²) in [6.07, 6.45) is 2.82. The van der Waals surface area contributed by atoms with Crippen molar-refractivity contribution in [2.45, 2.75) is 57.7 Å². The molecule has 1 aliphatic carbocycles. The predicted molar refractivity (Wildman–Crippen MR) is 116 cm³/mol. The fraction of sp³-hybridized carbons (Fsp3) is 0.435. The van der Waals surface area contributed by atoms with Gasteiger partial charge in [0.05, 0.1) is 12.1 Å². The standard InChI is InChI=1S/C23H27BrF2N2O2/c1-3-14-7-19-18(20(24)8-14)5-4-6-21(19)27-12-22(30)23(28-13(2)29)15-9-16(25)11-17(26)10-15/h7-11,21-23,27,30H,3-6,12H2,1-2H3,(H,28,29)/t21-,22+,23?/m0/s1. The molecule has 0 aliphatic heterocycles. The number of nitrogens with one attached hydrogen (secondary N) is 2. The summed E-state index contributed by atoms with van der Waals surface area (Å²) in [5.74, 6) is -1.89. The van der Waals surface area contributed by atoms with Gasteiger partial charge < -0.3 is 15.7 Å². The highest BCUT2D eigenvalue weighted by Crippen LogP contribution is 2.35. The van der Waals surface area contributed by atoms with Crippen molar-refractivity contribution in [1.29, 1.82) is 0 Å². The van der Waals surface area contributed by atoms with Crippen LogP contribution >= 0.6 is 15.9 Å². The molecule has 0 fully saturated rings. The Labute approximate surface area is 184 Å². The molecule has 162 valence electrons. The second-order valence-electron chi connectivity index (χ2n) is 7.80. The summed E-state index contributed by atoms with van der Waals surface area (Å²) in [7, 11) is 0. The van der Waals surface area contributed by atoms with Gasteiger partial charge in [-0.25, -0.2) is 8.78 Å². The zero-order chi connectivity index (χ0) is 21.8. The van der Waals surface area contributed by atoms with Gasteiger partial charge in [-0.05, 0) is 66.1 Å². The summed E-state index contributed by atoms with van der Waals surface area (Å²) in [4.78, 5) is 11.6. The minimum absolute atomic E-state index is 0.0634. The molecule has 0 saturated carbocycles. The molecule has 0 heterocycles. The average Bonchev–Trinajstić information content (AvgIpc) is 2.69. The lowest BCUT2D eigenvalue weighted by Gasteiger charge is -2.31. The number of carbonyl (C=O) groups is 1. The number of carbonyl (C=O) groups excluding carboxylic acids is 1. The number of benzene rings is 2. The minimum atomic E-state index is -1.06. The molecule has 4 nitrogen and oxygen atoms in total. The number of amides is 1. The Morgan fingerprint density at radius 2 is 1.93 bits per heavy atom. The number of rotatable bonds is 7. The fourth-order valence-electron chi connectivity index (χ4n) is 4.10. The first-order valence-corrected chi connectivity index (χ1v) is 11.0.